The van der Waals surface area contributed by atoms with Crippen molar-refractivity contribution in [3.63, 3.8) is 0 Å². The van der Waals surface area contributed by atoms with Gasteiger partial charge < -0.3 is 10.3 Å². The predicted octanol–water partition coefficient (Wildman–Crippen LogP) is 3.66. The summed E-state index contributed by atoms with van der Waals surface area (Å²) in [7, 11) is 0. The van der Waals surface area contributed by atoms with E-state index in [4.69, 9.17) is 17.3 Å². The van der Waals surface area contributed by atoms with Crippen molar-refractivity contribution < 1.29 is 0 Å². The number of aryl methyl sites for hydroxylation is 1. The predicted molar refractivity (Wildman–Crippen MR) is 87.8 cm³/mol. The third-order valence-corrected chi connectivity index (χ3v) is 3.97. The Morgan fingerprint density at radius 1 is 1.19 bits per heavy atom. The molecule has 1 aromatic heterocycles. The molecule has 0 amide bonds. The summed E-state index contributed by atoms with van der Waals surface area (Å²) in [5.41, 5.74) is 8.75. The quantitative estimate of drug-likeness (QED) is 0.916. The van der Waals surface area contributed by atoms with E-state index < -0.39 is 6.04 Å². The summed E-state index contributed by atoms with van der Waals surface area (Å²) in [6.07, 6.45) is 2.04. The molecular weight excluding hydrogens is 284 g/mol. The molecule has 1 unspecified atom stereocenters. The molecule has 0 spiro atoms. The Morgan fingerprint density at radius 2 is 1.86 bits per heavy atom. The highest BCUT2D eigenvalue weighted by molar-refractivity contribution is 6.30. The van der Waals surface area contributed by atoms with E-state index in [1.54, 1.807) is 12.1 Å². The number of hydrogen-bond acceptors (Lipinski definition) is 2. The van der Waals surface area contributed by atoms with Gasteiger partial charge >= 0.3 is 0 Å². The summed E-state index contributed by atoms with van der Waals surface area (Å²) in [4.78, 5) is 12.6. The van der Waals surface area contributed by atoms with Gasteiger partial charge in [-0.25, -0.2) is 0 Å². The van der Waals surface area contributed by atoms with Gasteiger partial charge in [-0.1, -0.05) is 37.1 Å². The average Bonchev–Trinajstić information content (AvgIpc) is 2.47. The SMILES string of the molecule is CCCCn1c(C)ccc(C(N)c2ccc(Cl)cc2)c1=O. The van der Waals surface area contributed by atoms with Crippen LogP contribution in [0.4, 0.5) is 0 Å². The van der Waals surface area contributed by atoms with E-state index in [2.05, 4.69) is 6.92 Å². The fourth-order valence-electron chi connectivity index (χ4n) is 2.37. The lowest BCUT2D eigenvalue weighted by atomic mass is 10.0. The maximum atomic E-state index is 12.6. The molecule has 1 heterocycles. The van der Waals surface area contributed by atoms with Gasteiger partial charge in [0.25, 0.3) is 5.56 Å². The first-order chi connectivity index (χ1) is 10.0. The number of unbranched alkanes of at least 4 members (excludes halogenated alkanes) is 1. The number of halogens is 1. The molecular formula is C17H21ClN2O. The molecule has 1 atom stereocenters. The van der Waals surface area contributed by atoms with E-state index >= 15 is 0 Å². The van der Waals surface area contributed by atoms with Crippen molar-refractivity contribution in [3.05, 3.63) is 68.6 Å². The molecule has 0 saturated carbocycles. The number of nitrogens with two attached hydrogens (primary N) is 1. The lowest BCUT2D eigenvalue weighted by Crippen LogP contribution is -2.30. The molecule has 0 bridgehead atoms. The molecule has 4 heteroatoms. The number of hydrogen-bond donors (Lipinski definition) is 1. The molecule has 21 heavy (non-hydrogen) atoms. The van der Waals surface area contributed by atoms with E-state index in [1.807, 2.05) is 35.8 Å². The first-order valence-corrected chi connectivity index (χ1v) is 7.63. The lowest BCUT2D eigenvalue weighted by molar-refractivity contribution is 0.590. The smallest absolute Gasteiger partial charge is 0.255 e. The summed E-state index contributed by atoms with van der Waals surface area (Å²) < 4.78 is 1.81. The van der Waals surface area contributed by atoms with Gasteiger partial charge in [0.1, 0.15) is 0 Å². The maximum absolute atomic E-state index is 12.6. The van der Waals surface area contributed by atoms with Crippen LogP contribution in [0.3, 0.4) is 0 Å². The monoisotopic (exact) mass is 304 g/mol. The van der Waals surface area contributed by atoms with Crippen LogP contribution in [0.25, 0.3) is 0 Å². The Hall–Kier alpha value is -1.58. The minimum atomic E-state index is -0.428. The second-order valence-corrected chi connectivity index (χ2v) is 5.71. The Kier molecular flexibility index (Phi) is 5.21. The highest BCUT2D eigenvalue weighted by Gasteiger charge is 2.15. The van der Waals surface area contributed by atoms with Crippen LogP contribution < -0.4 is 11.3 Å². The van der Waals surface area contributed by atoms with Crippen molar-refractivity contribution in [2.75, 3.05) is 0 Å². The van der Waals surface area contributed by atoms with Gasteiger partial charge in [-0.15, -0.1) is 0 Å². The number of nitrogens with zero attached hydrogens (tertiary/aromatic N) is 1. The summed E-state index contributed by atoms with van der Waals surface area (Å²) >= 11 is 5.89. The van der Waals surface area contributed by atoms with E-state index in [1.165, 1.54) is 0 Å². The zero-order chi connectivity index (χ0) is 15.4. The fourth-order valence-corrected chi connectivity index (χ4v) is 2.49. The van der Waals surface area contributed by atoms with Crippen LogP contribution in [0.5, 0.6) is 0 Å². The van der Waals surface area contributed by atoms with Crippen molar-refractivity contribution in [3.8, 4) is 0 Å². The molecule has 0 aliphatic carbocycles. The van der Waals surface area contributed by atoms with E-state index in [9.17, 15) is 4.79 Å². The summed E-state index contributed by atoms with van der Waals surface area (Å²) in [6.45, 7) is 4.81. The van der Waals surface area contributed by atoms with Crippen LogP contribution in [0.15, 0.2) is 41.2 Å². The highest BCUT2D eigenvalue weighted by atomic mass is 35.5. The molecule has 2 aromatic rings. The standard InChI is InChI=1S/C17H21ClN2O/c1-3-4-11-20-12(2)5-10-15(17(20)21)16(19)13-6-8-14(18)9-7-13/h5-10,16H,3-4,11,19H2,1-2H3. The normalized spacial score (nSPS) is 12.4. The molecule has 0 aliphatic rings. The Morgan fingerprint density at radius 3 is 2.48 bits per heavy atom. The van der Waals surface area contributed by atoms with E-state index in [-0.39, 0.29) is 5.56 Å². The first kappa shape index (κ1) is 15.8. The third-order valence-electron chi connectivity index (χ3n) is 3.72. The van der Waals surface area contributed by atoms with Crippen molar-refractivity contribution >= 4 is 11.6 Å². The van der Waals surface area contributed by atoms with Crippen LogP contribution in [0.1, 0.15) is 42.6 Å². The van der Waals surface area contributed by atoms with Crippen molar-refractivity contribution in [2.45, 2.75) is 39.3 Å². The van der Waals surface area contributed by atoms with Gasteiger partial charge in [-0.2, -0.15) is 0 Å². The van der Waals surface area contributed by atoms with Crippen molar-refractivity contribution in [1.82, 2.24) is 4.57 Å². The van der Waals surface area contributed by atoms with Crippen LogP contribution in [0.2, 0.25) is 5.02 Å². The van der Waals surface area contributed by atoms with Crippen LogP contribution in [-0.4, -0.2) is 4.57 Å². The van der Waals surface area contributed by atoms with E-state index in [0.717, 1.165) is 30.6 Å². The van der Waals surface area contributed by atoms with Gasteiger partial charge in [0.2, 0.25) is 0 Å². The van der Waals surface area contributed by atoms with Gasteiger partial charge in [0.15, 0.2) is 0 Å². The fraction of sp³-hybridized carbons (Fsp3) is 0.353. The second-order valence-electron chi connectivity index (χ2n) is 5.27. The molecule has 0 fully saturated rings. The van der Waals surface area contributed by atoms with Gasteiger partial charge in [0.05, 0.1) is 6.04 Å². The Balaban J connectivity index is 2.39. The van der Waals surface area contributed by atoms with Gasteiger partial charge in [-0.3, -0.25) is 4.79 Å². The van der Waals surface area contributed by atoms with Crippen LogP contribution in [0, 0.1) is 6.92 Å². The summed E-state index contributed by atoms with van der Waals surface area (Å²) in [6, 6.07) is 10.7. The zero-order valence-corrected chi connectivity index (χ0v) is 13.2. The lowest BCUT2D eigenvalue weighted by Gasteiger charge is -2.16. The first-order valence-electron chi connectivity index (χ1n) is 7.26. The summed E-state index contributed by atoms with van der Waals surface area (Å²) in [5.74, 6) is 0. The number of aromatic nitrogens is 1. The minimum absolute atomic E-state index is 0.00546. The van der Waals surface area contributed by atoms with Crippen molar-refractivity contribution in [1.29, 1.82) is 0 Å². The topological polar surface area (TPSA) is 48.0 Å². The number of benzene rings is 1. The molecule has 0 radical (unpaired) electrons. The van der Waals surface area contributed by atoms with Gasteiger partial charge in [0, 0.05) is 22.8 Å². The second kappa shape index (κ2) is 6.92. The molecule has 1 aromatic carbocycles. The number of pyridine rings is 1. The number of rotatable bonds is 5. The molecule has 0 saturated heterocycles. The average molecular weight is 305 g/mol. The highest BCUT2D eigenvalue weighted by Crippen LogP contribution is 2.19. The molecule has 0 aliphatic heterocycles. The van der Waals surface area contributed by atoms with Crippen LogP contribution in [-0.2, 0) is 6.54 Å². The minimum Gasteiger partial charge on any atom is -0.320 e. The Labute approximate surface area is 130 Å². The molecule has 3 nitrogen and oxygen atoms in total. The molecule has 112 valence electrons. The zero-order valence-electron chi connectivity index (χ0n) is 12.5. The van der Waals surface area contributed by atoms with Crippen LogP contribution >= 0.6 is 11.6 Å². The summed E-state index contributed by atoms with van der Waals surface area (Å²) in [5, 5.41) is 0.662. The molecule has 2 rings (SSSR count). The third kappa shape index (κ3) is 3.55. The molecule has 2 N–H and O–H groups in total. The van der Waals surface area contributed by atoms with Gasteiger partial charge in [-0.05, 0) is 43.2 Å². The largest absolute Gasteiger partial charge is 0.320 e. The Bertz CT molecular complexity index is 661. The van der Waals surface area contributed by atoms with E-state index in [0.29, 0.717) is 10.6 Å². The van der Waals surface area contributed by atoms with Crippen molar-refractivity contribution in [2.24, 2.45) is 5.73 Å². The maximum Gasteiger partial charge on any atom is 0.255 e.